The lowest BCUT2D eigenvalue weighted by Crippen LogP contribution is -2.17. The van der Waals surface area contributed by atoms with E-state index in [2.05, 4.69) is 15.8 Å². The van der Waals surface area contributed by atoms with Crippen LogP contribution in [0.3, 0.4) is 0 Å². The second-order valence-electron chi connectivity index (χ2n) is 4.81. The molecule has 0 aliphatic carbocycles. The Hall–Kier alpha value is -3.55. The molecule has 0 radical (unpaired) electrons. The van der Waals surface area contributed by atoms with Crippen molar-refractivity contribution in [2.75, 3.05) is 5.32 Å². The molecule has 0 bridgehead atoms. The first-order valence-corrected chi connectivity index (χ1v) is 6.91. The predicted octanol–water partition coefficient (Wildman–Crippen LogP) is 2.32. The number of hydrogen-bond acceptors (Lipinski definition) is 5. The molecule has 0 aliphatic rings. The van der Waals surface area contributed by atoms with E-state index in [0.29, 0.717) is 16.8 Å². The van der Waals surface area contributed by atoms with Crippen LogP contribution in [-0.2, 0) is 4.79 Å². The largest absolute Gasteiger partial charge is 0.326 e. The number of hydrogen-bond donors (Lipinski definition) is 2. The van der Waals surface area contributed by atoms with E-state index in [-0.39, 0.29) is 11.6 Å². The average molecular weight is 326 g/mol. The zero-order valence-electron chi connectivity index (χ0n) is 12.7. The Morgan fingerprint density at radius 2 is 1.88 bits per heavy atom. The number of carbonyl (C=O) groups is 2. The molecule has 8 heteroatoms. The Morgan fingerprint density at radius 1 is 1.17 bits per heavy atom. The number of anilines is 1. The highest BCUT2D eigenvalue weighted by molar-refractivity contribution is 5.96. The minimum atomic E-state index is -0.507. The van der Waals surface area contributed by atoms with Crippen LogP contribution in [-0.4, -0.2) is 23.0 Å². The molecule has 24 heavy (non-hydrogen) atoms. The third kappa shape index (κ3) is 4.73. The molecule has 0 saturated carbocycles. The van der Waals surface area contributed by atoms with E-state index in [0.717, 1.165) is 0 Å². The van der Waals surface area contributed by atoms with Gasteiger partial charge in [-0.15, -0.1) is 0 Å². The van der Waals surface area contributed by atoms with Crippen LogP contribution in [0.5, 0.6) is 0 Å². The average Bonchev–Trinajstić information content (AvgIpc) is 2.55. The maximum absolute atomic E-state index is 11.9. The molecule has 0 aromatic heterocycles. The quantitative estimate of drug-likeness (QED) is 0.498. The predicted molar refractivity (Wildman–Crippen MR) is 88.9 cm³/mol. The van der Waals surface area contributed by atoms with Crippen LogP contribution < -0.4 is 10.7 Å². The van der Waals surface area contributed by atoms with Crippen LogP contribution >= 0.6 is 0 Å². The maximum Gasteiger partial charge on any atom is 0.271 e. The Morgan fingerprint density at radius 3 is 2.50 bits per heavy atom. The lowest BCUT2D eigenvalue weighted by Gasteiger charge is -2.03. The molecule has 0 fully saturated rings. The number of carbonyl (C=O) groups excluding carboxylic acids is 2. The second kappa shape index (κ2) is 7.63. The van der Waals surface area contributed by atoms with Gasteiger partial charge in [-0.3, -0.25) is 19.7 Å². The van der Waals surface area contributed by atoms with Crippen molar-refractivity contribution in [3.63, 3.8) is 0 Å². The number of nitrogens with zero attached hydrogens (tertiary/aromatic N) is 2. The molecule has 0 aliphatic heterocycles. The summed E-state index contributed by atoms with van der Waals surface area (Å²) < 4.78 is 0. The van der Waals surface area contributed by atoms with E-state index >= 15 is 0 Å². The molecule has 2 aromatic rings. The minimum Gasteiger partial charge on any atom is -0.326 e. The van der Waals surface area contributed by atoms with Gasteiger partial charge in [0, 0.05) is 35.9 Å². The van der Waals surface area contributed by atoms with E-state index in [1.165, 1.54) is 31.3 Å². The van der Waals surface area contributed by atoms with E-state index in [4.69, 9.17) is 0 Å². The van der Waals surface area contributed by atoms with Gasteiger partial charge in [-0.1, -0.05) is 12.1 Å². The molecule has 0 saturated heterocycles. The third-order valence-electron chi connectivity index (χ3n) is 2.93. The number of nitro benzene ring substituents is 1. The van der Waals surface area contributed by atoms with Gasteiger partial charge in [-0.2, -0.15) is 5.10 Å². The highest BCUT2D eigenvalue weighted by Gasteiger charge is 2.06. The normalized spacial score (nSPS) is 10.4. The summed E-state index contributed by atoms with van der Waals surface area (Å²) in [6.07, 6.45) is 1.32. The number of hydrazone groups is 1. The minimum absolute atomic E-state index is 0.0566. The van der Waals surface area contributed by atoms with Crippen LogP contribution in [0, 0.1) is 10.1 Å². The number of nitrogens with one attached hydrogen (secondary N) is 2. The fourth-order valence-electron chi connectivity index (χ4n) is 1.86. The number of non-ortho nitro benzene ring substituents is 1. The van der Waals surface area contributed by atoms with E-state index in [9.17, 15) is 19.7 Å². The lowest BCUT2D eigenvalue weighted by atomic mass is 10.2. The van der Waals surface area contributed by atoms with Gasteiger partial charge in [0.1, 0.15) is 0 Å². The van der Waals surface area contributed by atoms with Crippen LogP contribution in [0.25, 0.3) is 0 Å². The zero-order chi connectivity index (χ0) is 17.5. The van der Waals surface area contributed by atoms with Crippen molar-refractivity contribution in [1.29, 1.82) is 0 Å². The molecular weight excluding hydrogens is 312 g/mol. The summed E-state index contributed by atoms with van der Waals surface area (Å²) in [6.45, 7) is 1.39. The van der Waals surface area contributed by atoms with Crippen molar-refractivity contribution >= 4 is 29.4 Å². The van der Waals surface area contributed by atoms with Crippen molar-refractivity contribution < 1.29 is 14.5 Å². The Kier molecular flexibility index (Phi) is 5.35. The van der Waals surface area contributed by atoms with Gasteiger partial charge in [0.15, 0.2) is 0 Å². The van der Waals surface area contributed by atoms with Crippen molar-refractivity contribution in [3.8, 4) is 0 Å². The standard InChI is InChI=1S/C16H14N4O4/c1-11(21)18-14-7-5-13(6-8-14)16(22)19-17-10-12-3-2-4-15(9-12)20(23)24/h2-10H,1H3,(H,18,21)(H,19,22)/b17-10+. The van der Waals surface area contributed by atoms with Gasteiger partial charge in [0.25, 0.3) is 11.6 Å². The maximum atomic E-state index is 11.9. The molecule has 122 valence electrons. The first-order valence-electron chi connectivity index (χ1n) is 6.91. The fraction of sp³-hybridized carbons (Fsp3) is 0.0625. The SMILES string of the molecule is CC(=O)Nc1ccc(C(=O)N/N=C/c2cccc([N+](=O)[O-])c2)cc1. The summed E-state index contributed by atoms with van der Waals surface area (Å²) in [7, 11) is 0. The summed E-state index contributed by atoms with van der Waals surface area (Å²) in [6, 6.07) is 12.2. The van der Waals surface area contributed by atoms with Gasteiger partial charge in [0.05, 0.1) is 11.1 Å². The van der Waals surface area contributed by atoms with Gasteiger partial charge in [-0.05, 0) is 24.3 Å². The van der Waals surface area contributed by atoms with Crippen molar-refractivity contribution in [2.45, 2.75) is 6.92 Å². The third-order valence-corrected chi connectivity index (χ3v) is 2.93. The first kappa shape index (κ1) is 16.8. The number of amides is 2. The molecule has 2 N–H and O–H groups in total. The lowest BCUT2D eigenvalue weighted by molar-refractivity contribution is -0.384. The van der Waals surface area contributed by atoms with Gasteiger partial charge in [0.2, 0.25) is 5.91 Å². The molecule has 8 nitrogen and oxygen atoms in total. The smallest absolute Gasteiger partial charge is 0.271 e. The molecular formula is C16H14N4O4. The summed E-state index contributed by atoms with van der Waals surface area (Å²) in [4.78, 5) is 33.0. The summed E-state index contributed by atoms with van der Waals surface area (Å²) >= 11 is 0. The molecule has 2 amide bonds. The number of rotatable bonds is 5. The number of benzene rings is 2. The Labute approximate surface area is 137 Å². The van der Waals surface area contributed by atoms with Crippen molar-refractivity contribution in [1.82, 2.24) is 5.43 Å². The molecule has 0 heterocycles. The van der Waals surface area contributed by atoms with Crippen molar-refractivity contribution in [3.05, 3.63) is 69.8 Å². The van der Waals surface area contributed by atoms with Gasteiger partial charge in [-0.25, -0.2) is 5.43 Å². The summed E-state index contributed by atoms with van der Waals surface area (Å²) in [5.41, 5.74) is 3.71. The van der Waals surface area contributed by atoms with Crippen LogP contribution in [0.1, 0.15) is 22.8 Å². The van der Waals surface area contributed by atoms with Crippen LogP contribution in [0.4, 0.5) is 11.4 Å². The molecule has 2 rings (SSSR count). The Bertz CT molecular complexity index is 800. The van der Waals surface area contributed by atoms with Crippen LogP contribution in [0.15, 0.2) is 53.6 Å². The van der Waals surface area contributed by atoms with E-state index < -0.39 is 10.8 Å². The fourth-order valence-corrected chi connectivity index (χ4v) is 1.86. The molecule has 0 unspecified atom stereocenters. The Balaban J connectivity index is 1.98. The van der Waals surface area contributed by atoms with E-state index in [1.54, 1.807) is 30.3 Å². The first-order chi connectivity index (χ1) is 11.5. The van der Waals surface area contributed by atoms with Crippen molar-refractivity contribution in [2.24, 2.45) is 5.10 Å². The highest BCUT2D eigenvalue weighted by atomic mass is 16.6. The van der Waals surface area contributed by atoms with Gasteiger partial charge < -0.3 is 5.32 Å². The summed E-state index contributed by atoms with van der Waals surface area (Å²) in [5.74, 6) is -0.639. The zero-order valence-corrected chi connectivity index (χ0v) is 12.7. The van der Waals surface area contributed by atoms with E-state index in [1.807, 2.05) is 0 Å². The second-order valence-corrected chi connectivity index (χ2v) is 4.81. The highest BCUT2D eigenvalue weighted by Crippen LogP contribution is 2.12. The monoisotopic (exact) mass is 326 g/mol. The van der Waals surface area contributed by atoms with Gasteiger partial charge >= 0.3 is 0 Å². The van der Waals surface area contributed by atoms with Crippen LogP contribution in [0.2, 0.25) is 0 Å². The topological polar surface area (TPSA) is 114 Å². The molecule has 2 aromatic carbocycles. The molecule has 0 atom stereocenters. The summed E-state index contributed by atoms with van der Waals surface area (Å²) in [5, 5.41) is 17.0. The molecule has 0 spiro atoms. The number of nitro groups is 1.